The van der Waals surface area contributed by atoms with Gasteiger partial charge < -0.3 is 9.64 Å². The van der Waals surface area contributed by atoms with Crippen molar-refractivity contribution in [2.24, 2.45) is 0 Å². The lowest BCUT2D eigenvalue weighted by molar-refractivity contribution is 0.0754. The zero-order chi connectivity index (χ0) is 18.5. The van der Waals surface area contributed by atoms with Gasteiger partial charge in [0.1, 0.15) is 11.5 Å². The number of nitrogens with zero attached hydrogens (tertiary/aromatic N) is 2. The number of ether oxygens (including phenoxy) is 1. The van der Waals surface area contributed by atoms with Crippen molar-refractivity contribution in [3.63, 3.8) is 0 Å². The molecule has 0 aliphatic rings. The molecule has 0 saturated carbocycles. The van der Waals surface area contributed by atoms with Gasteiger partial charge in [0.2, 0.25) is 0 Å². The molecule has 0 N–H and O–H groups in total. The maximum absolute atomic E-state index is 12.3. The van der Waals surface area contributed by atoms with Crippen LogP contribution in [0.4, 0.5) is 0 Å². The minimum absolute atomic E-state index is 0.0225. The zero-order valence-electron chi connectivity index (χ0n) is 15.2. The van der Waals surface area contributed by atoms with E-state index in [0.29, 0.717) is 5.56 Å². The van der Waals surface area contributed by atoms with Crippen LogP contribution >= 0.6 is 0 Å². The third-order valence-corrected chi connectivity index (χ3v) is 4.23. The summed E-state index contributed by atoms with van der Waals surface area (Å²) in [6.45, 7) is 3.97. The van der Waals surface area contributed by atoms with Crippen LogP contribution in [0.25, 0.3) is 11.3 Å². The summed E-state index contributed by atoms with van der Waals surface area (Å²) in [5, 5.41) is 0. The average Bonchev–Trinajstić information content (AvgIpc) is 2.68. The highest BCUT2D eigenvalue weighted by atomic mass is 16.5. The van der Waals surface area contributed by atoms with Gasteiger partial charge in [-0.1, -0.05) is 18.2 Å². The van der Waals surface area contributed by atoms with E-state index >= 15 is 0 Å². The van der Waals surface area contributed by atoms with E-state index in [0.717, 1.165) is 22.8 Å². The van der Waals surface area contributed by atoms with Crippen molar-refractivity contribution in [3.05, 3.63) is 78.5 Å². The lowest BCUT2D eigenvalue weighted by Gasteiger charge is -2.21. The lowest BCUT2D eigenvalue weighted by atomic mass is 10.1. The highest BCUT2D eigenvalue weighted by Crippen LogP contribution is 2.25. The Hall–Kier alpha value is -3.14. The normalized spacial score (nSPS) is 10.6. The van der Waals surface area contributed by atoms with Crippen LogP contribution in [0.5, 0.6) is 11.5 Å². The van der Waals surface area contributed by atoms with Crippen LogP contribution in [0.3, 0.4) is 0 Å². The van der Waals surface area contributed by atoms with Crippen LogP contribution in [0.1, 0.15) is 24.2 Å². The highest BCUT2D eigenvalue weighted by molar-refractivity contribution is 5.94. The quantitative estimate of drug-likeness (QED) is 0.651. The largest absolute Gasteiger partial charge is 0.457 e. The van der Waals surface area contributed by atoms with Gasteiger partial charge in [-0.25, -0.2) is 0 Å². The molecule has 0 aliphatic carbocycles. The highest BCUT2D eigenvalue weighted by Gasteiger charge is 2.14. The van der Waals surface area contributed by atoms with Crippen LogP contribution in [0.2, 0.25) is 0 Å². The molecule has 0 radical (unpaired) electrons. The van der Waals surface area contributed by atoms with Gasteiger partial charge >= 0.3 is 0 Å². The van der Waals surface area contributed by atoms with E-state index < -0.39 is 0 Å². The first-order valence-corrected chi connectivity index (χ1v) is 8.61. The Bertz CT molecular complexity index is 857. The number of benzene rings is 2. The minimum Gasteiger partial charge on any atom is -0.457 e. The Morgan fingerprint density at radius 2 is 1.58 bits per heavy atom. The molecule has 4 heteroatoms. The van der Waals surface area contributed by atoms with Crippen LogP contribution in [0, 0.1) is 0 Å². The van der Waals surface area contributed by atoms with Crippen molar-refractivity contribution in [1.82, 2.24) is 9.88 Å². The van der Waals surface area contributed by atoms with Crippen molar-refractivity contribution < 1.29 is 9.53 Å². The Balaban J connectivity index is 1.72. The summed E-state index contributed by atoms with van der Waals surface area (Å²) in [6, 6.07) is 21.2. The van der Waals surface area contributed by atoms with Crippen molar-refractivity contribution in [3.8, 4) is 22.8 Å². The summed E-state index contributed by atoms with van der Waals surface area (Å²) >= 11 is 0. The molecule has 3 rings (SSSR count). The number of hydrogen-bond donors (Lipinski definition) is 0. The molecule has 0 bridgehead atoms. The van der Waals surface area contributed by atoms with E-state index in [1.54, 1.807) is 18.1 Å². The number of pyridine rings is 1. The Morgan fingerprint density at radius 1 is 0.923 bits per heavy atom. The molecule has 1 heterocycles. The first-order chi connectivity index (χ1) is 12.5. The third-order valence-electron chi connectivity index (χ3n) is 4.23. The van der Waals surface area contributed by atoms with Crippen molar-refractivity contribution in [1.29, 1.82) is 0 Å². The van der Waals surface area contributed by atoms with E-state index in [1.165, 1.54) is 0 Å². The summed E-state index contributed by atoms with van der Waals surface area (Å²) in [6.07, 6.45) is 1.63. The fraction of sp³-hybridized carbons (Fsp3) is 0.182. The Labute approximate surface area is 154 Å². The number of carbonyl (C=O) groups excluding carboxylic acids is 1. The Morgan fingerprint density at radius 3 is 2.15 bits per heavy atom. The smallest absolute Gasteiger partial charge is 0.255 e. The van der Waals surface area contributed by atoms with Crippen LogP contribution in [0.15, 0.2) is 72.9 Å². The second-order valence-electron chi connectivity index (χ2n) is 6.38. The molecule has 0 atom stereocenters. The monoisotopic (exact) mass is 346 g/mol. The molecule has 0 spiro atoms. The molecular weight excluding hydrogens is 324 g/mol. The average molecular weight is 346 g/mol. The van der Waals surface area contributed by atoms with Crippen molar-refractivity contribution in [2.45, 2.75) is 19.9 Å². The fourth-order valence-electron chi connectivity index (χ4n) is 2.45. The standard InChI is InChI=1S/C22H22N2O2/c1-16(2)24(3)22(25)18-11-14-21(23-15-18)17-9-12-20(13-10-17)26-19-7-5-4-6-8-19/h4-16H,1-3H3. The number of para-hydroxylation sites is 1. The summed E-state index contributed by atoms with van der Waals surface area (Å²) < 4.78 is 5.80. The maximum Gasteiger partial charge on any atom is 0.255 e. The van der Waals surface area contributed by atoms with Gasteiger partial charge in [-0.3, -0.25) is 9.78 Å². The summed E-state index contributed by atoms with van der Waals surface area (Å²) in [5.74, 6) is 1.55. The van der Waals surface area contributed by atoms with E-state index in [9.17, 15) is 4.79 Å². The fourth-order valence-corrected chi connectivity index (χ4v) is 2.45. The molecule has 0 aliphatic heterocycles. The molecular formula is C22H22N2O2. The zero-order valence-corrected chi connectivity index (χ0v) is 15.2. The molecule has 0 unspecified atom stereocenters. The number of hydrogen-bond acceptors (Lipinski definition) is 3. The number of rotatable bonds is 5. The van der Waals surface area contributed by atoms with Crippen LogP contribution in [-0.4, -0.2) is 28.9 Å². The predicted molar refractivity (Wildman–Crippen MR) is 103 cm³/mol. The first-order valence-electron chi connectivity index (χ1n) is 8.61. The van der Waals surface area contributed by atoms with E-state index in [4.69, 9.17) is 4.74 Å². The molecule has 3 aromatic rings. The first kappa shape index (κ1) is 17.7. The van der Waals surface area contributed by atoms with Gasteiger partial charge in [0.25, 0.3) is 5.91 Å². The van der Waals surface area contributed by atoms with Gasteiger partial charge in [0, 0.05) is 24.8 Å². The number of amides is 1. The molecule has 1 amide bonds. The molecule has 26 heavy (non-hydrogen) atoms. The molecule has 2 aromatic carbocycles. The lowest BCUT2D eigenvalue weighted by Crippen LogP contribution is -2.33. The van der Waals surface area contributed by atoms with Crippen LogP contribution in [-0.2, 0) is 0 Å². The van der Waals surface area contributed by atoms with Gasteiger partial charge in [0.15, 0.2) is 0 Å². The van der Waals surface area contributed by atoms with Gasteiger partial charge in [-0.2, -0.15) is 0 Å². The summed E-state index contributed by atoms with van der Waals surface area (Å²) in [5.41, 5.74) is 2.38. The van der Waals surface area contributed by atoms with E-state index in [1.807, 2.05) is 80.6 Å². The Kier molecular flexibility index (Phi) is 5.32. The topological polar surface area (TPSA) is 42.4 Å². The summed E-state index contributed by atoms with van der Waals surface area (Å²) in [4.78, 5) is 18.5. The van der Waals surface area contributed by atoms with Crippen molar-refractivity contribution in [2.75, 3.05) is 7.05 Å². The third kappa shape index (κ3) is 4.09. The van der Waals surface area contributed by atoms with E-state index in [-0.39, 0.29) is 11.9 Å². The van der Waals surface area contributed by atoms with Gasteiger partial charge in [0.05, 0.1) is 11.3 Å². The van der Waals surface area contributed by atoms with Gasteiger partial charge in [-0.05, 0) is 62.4 Å². The molecule has 0 saturated heterocycles. The SMILES string of the molecule is CC(C)N(C)C(=O)c1ccc(-c2ccc(Oc3ccccc3)cc2)nc1. The van der Waals surface area contributed by atoms with E-state index in [2.05, 4.69) is 4.98 Å². The number of carbonyl (C=O) groups is 1. The molecule has 1 aromatic heterocycles. The second-order valence-corrected chi connectivity index (χ2v) is 6.38. The second kappa shape index (κ2) is 7.83. The molecule has 0 fully saturated rings. The van der Waals surface area contributed by atoms with Crippen LogP contribution < -0.4 is 4.74 Å². The number of aromatic nitrogens is 1. The molecule has 4 nitrogen and oxygen atoms in total. The minimum atomic E-state index is -0.0225. The molecule has 132 valence electrons. The van der Waals surface area contributed by atoms with Gasteiger partial charge in [-0.15, -0.1) is 0 Å². The van der Waals surface area contributed by atoms with Crippen molar-refractivity contribution >= 4 is 5.91 Å². The predicted octanol–water partition coefficient (Wildman–Crippen LogP) is 5.02. The maximum atomic E-state index is 12.3. The summed E-state index contributed by atoms with van der Waals surface area (Å²) in [7, 11) is 1.80.